The highest BCUT2D eigenvalue weighted by atomic mass is 19.4. The van der Waals surface area contributed by atoms with E-state index >= 15 is 0 Å². The van der Waals surface area contributed by atoms with Crippen molar-refractivity contribution >= 4 is 5.96 Å². The van der Waals surface area contributed by atoms with Crippen LogP contribution < -0.4 is 10.6 Å². The van der Waals surface area contributed by atoms with Gasteiger partial charge in [-0.3, -0.25) is 0 Å². The lowest BCUT2D eigenvalue weighted by Gasteiger charge is -2.12. The first kappa shape index (κ1) is 21.1. The van der Waals surface area contributed by atoms with Gasteiger partial charge in [-0.05, 0) is 37.5 Å². The van der Waals surface area contributed by atoms with Crippen LogP contribution in [0.1, 0.15) is 49.0 Å². The largest absolute Gasteiger partial charge is 0.416 e. The number of aliphatic imine (C=N–C) groups is 1. The van der Waals surface area contributed by atoms with E-state index in [4.69, 9.17) is 0 Å². The summed E-state index contributed by atoms with van der Waals surface area (Å²) in [6, 6.07) is 5.26. The van der Waals surface area contributed by atoms with Gasteiger partial charge in [-0.1, -0.05) is 18.6 Å². The molecule has 158 valence electrons. The van der Waals surface area contributed by atoms with Crippen molar-refractivity contribution in [1.82, 2.24) is 25.4 Å². The first-order valence-corrected chi connectivity index (χ1v) is 10.1. The Kier molecular flexibility index (Phi) is 7.11. The van der Waals surface area contributed by atoms with Gasteiger partial charge in [0.15, 0.2) is 5.96 Å². The number of nitrogens with one attached hydrogen (secondary N) is 2. The average Bonchev–Trinajstić information content (AvgIpc) is 2.92. The SMILES string of the molecule is CCNC(=NCc1cccc(C(F)(F)F)c1)NCCc1nnc2n1CCCCC2. The summed E-state index contributed by atoms with van der Waals surface area (Å²) in [4.78, 5) is 4.41. The molecule has 1 aromatic carbocycles. The van der Waals surface area contributed by atoms with Crippen molar-refractivity contribution in [2.75, 3.05) is 13.1 Å². The minimum Gasteiger partial charge on any atom is -0.357 e. The molecule has 1 aliphatic rings. The molecule has 2 heterocycles. The van der Waals surface area contributed by atoms with Crippen molar-refractivity contribution in [3.05, 3.63) is 47.0 Å². The molecule has 29 heavy (non-hydrogen) atoms. The summed E-state index contributed by atoms with van der Waals surface area (Å²) in [6.45, 7) is 4.35. The molecule has 2 N–H and O–H groups in total. The molecule has 0 saturated carbocycles. The summed E-state index contributed by atoms with van der Waals surface area (Å²) in [7, 11) is 0. The second-order valence-corrected chi connectivity index (χ2v) is 7.06. The van der Waals surface area contributed by atoms with E-state index in [1.165, 1.54) is 12.5 Å². The molecule has 0 spiro atoms. The third-order valence-corrected chi connectivity index (χ3v) is 4.85. The summed E-state index contributed by atoms with van der Waals surface area (Å²) in [5.74, 6) is 2.59. The highest BCUT2D eigenvalue weighted by Crippen LogP contribution is 2.29. The third-order valence-electron chi connectivity index (χ3n) is 4.85. The minimum absolute atomic E-state index is 0.166. The van der Waals surface area contributed by atoms with Crippen LogP contribution in [0.4, 0.5) is 13.2 Å². The Morgan fingerprint density at radius 3 is 2.83 bits per heavy atom. The van der Waals surface area contributed by atoms with Crippen LogP contribution in [-0.4, -0.2) is 33.8 Å². The maximum absolute atomic E-state index is 12.9. The molecule has 0 aliphatic carbocycles. The molecule has 1 aliphatic heterocycles. The molecule has 2 aromatic rings. The summed E-state index contributed by atoms with van der Waals surface area (Å²) in [5, 5.41) is 15.0. The second-order valence-electron chi connectivity index (χ2n) is 7.06. The van der Waals surface area contributed by atoms with E-state index < -0.39 is 11.7 Å². The molecular weight excluding hydrogens is 381 g/mol. The molecular formula is C20H27F3N6. The molecule has 1 aromatic heterocycles. The van der Waals surface area contributed by atoms with Crippen molar-refractivity contribution in [3.8, 4) is 0 Å². The fourth-order valence-electron chi connectivity index (χ4n) is 3.38. The Balaban J connectivity index is 1.58. The quantitative estimate of drug-likeness (QED) is 0.568. The van der Waals surface area contributed by atoms with Gasteiger partial charge in [-0.15, -0.1) is 10.2 Å². The Labute approximate surface area is 168 Å². The smallest absolute Gasteiger partial charge is 0.357 e. The highest BCUT2D eigenvalue weighted by Gasteiger charge is 2.30. The van der Waals surface area contributed by atoms with Gasteiger partial charge >= 0.3 is 6.18 Å². The van der Waals surface area contributed by atoms with Crippen LogP contribution in [-0.2, 0) is 32.1 Å². The van der Waals surface area contributed by atoms with Gasteiger partial charge in [0.05, 0.1) is 12.1 Å². The van der Waals surface area contributed by atoms with Gasteiger partial charge in [-0.2, -0.15) is 13.2 Å². The van der Waals surface area contributed by atoms with Gasteiger partial charge in [0.2, 0.25) is 0 Å². The van der Waals surface area contributed by atoms with Crippen molar-refractivity contribution in [1.29, 1.82) is 0 Å². The van der Waals surface area contributed by atoms with E-state index in [1.807, 2.05) is 6.92 Å². The van der Waals surface area contributed by atoms with Gasteiger partial charge in [0.25, 0.3) is 0 Å². The lowest BCUT2D eigenvalue weighted by Crippen LogP contribution is -2.38. The Morgan fingerprint density at radius 2 is 2.03 bits per heavy atom. The number of aromatic nitrogens is 3. The van der Waals surface area contributed by atoms with Crippen LogP contribution in [0.25, 0.3) is 0 Å². The van der Waals surface area contributed by atoms with Gasteiger partial charge in [0.1, 0.15) is 11.6 Å². The van der Waals surface area contributed by atoms with E-state index in [2.05, 4.69) is 30.4 Å². The standard InChI is InChI=1S/C20H27F3N6/c1-2-24-19(26-14-15-7-6-8-16(13-15)20(21,22)23)25-11-10-18-28-27-17-9-4-3-5-12-29(17)18/h6-8,13H,2-5,9-12,14H2,1H3,(H2,24,25,26). The first-order chi connectivity index (χ1) is 14.0. The van der Waals surface area contributed by atoms with Gasteiger partial charge in [0, 0.05) is 32.5 Å². The van der Waals surface area contributed by atoms with E-state index in [9.17, 15) is 13.2 Å². The van der Waals surface area contributed by atoms with Crippen molar-refractivity contribution < 1.29 is 13.2 Å². The highest BCUT2D eigenvalue weighted by molar-refractivity contribution is 5.79. The number of benzene rings is 1. The predicted molar refractivity (Wildman–Crippen MR) is 106 cm³/mol. The zero-order valence-electron chi connectivity index (χ0n) is 16.6. The Bertz CT molecular complexity index is 828. The number of guanidine groups is 1. The number of halogens is 3. The van der Waals surface area contributed by atoms with Gasteiger partial charge in [-0.25, -0.2) is 4.99 Å². The topological polar surface area (TPSA) is 67.1 Å². The summed E-state index contributed by atoms with van der Waals surface area (Å²) in [6.07, 6.45) is 0.852. The summed E-state index contributed by atoms with van der Waals surface area (Å²) in [5.41, 5.74) is -0.143. The Hall–Kier alpha value is -2.58. The molecule has 0 fully saturated rings. The van der Waals surface area contributed by atoms with E-state index in [1.54, 1.807) is 6.07 Å². The molecule has 0 unspecified atom stereocenters. The number of nitrogens with zero attached hydrogens (tertiary/aromatic N) is 4. The maximum Gasteiger partial charge on any atom is 0.416 e. The zero-order chi connectivity index (χ0) is 20.7. The van der Waals surface area contributed by atoms with Crippen LogP contribution >= 0.6 is 0 Å². The van der Waals surface area contributed by atoms with E-state index in [0.29, 0.717) is 31.0 Å². The average molecular weight is 408 g/mol. The van der Waals surface area contributed by atoms with Crippen LogP contribution in [0.5, 0.6) is 0 Å². The number of aryl methyl sites for hydroxylation is 1. The monoisotopic (exact) mass is 408 g/mol. The van der Waals surface area contributed by atoms with Crippen LogP contribution in [0.3, 0.4) is 0 Å². The fourth-order valence-corrected chi connectivity index (χ4v) is 3.38. The van der Waals surface area contributed by atoms with Crippen LogP contribution in [0.15, 0.2) is 29.3 Å². The van der Waals surface area contributed by atoms with Crippen molar-refractivity contribution in [2.45, 2.75) is 58.3 Å². The second kappa shape index (κ2) is 9.76. The van der Waals surface area contributed by atoms with Crippen LogP contribution in [0.2, 0.25) is 0 Å². The molecule has 0 bridgehead atoms. The molecule has 0 atom stereocenters. The Morgan fingerprint density at radius 1 is 1.17 bits per heavy atom. The molecule has 0 radical (unpaired) electrons. The molecule has 0 saturated heterocycles. The number of rotatable bonds is 6. The first-order valence-electron chi connectivity index (χ1n) is 10.1. The number of hydrogen-bond acceptors (Lipinski definition) is 3. The van der Waals surface area contributed by atoms with Gasteiger partial charge < -0.3 is 15.2 Å². The molecule has 0 amide bonds. The summed E-state index contributed by atoms with van der Waals surface area (Å²) < 4.78 is 40.8. The normalized spacial score (nSPS) is 15.0. The fraction of sp³-hybridized carbons (Fsp3) is 0.550. The lowest BCUT2D eigenvalue weighted by molar-refractivity contribution is -0.137. The number of fused-ring (bicyclic) bond motifs is 1. The van der Waals surface area contributed by atoms with Crippen LogP contribution in [0, 0.1) is 0 Å². The zero-order valence-corrected chi connectivity index (χ0v) is 16.6. The predicted octanol–water partition coefficient (Wildman–Crippen LogP) is 3.32. The molecule has 9 heteroatoms. The number of hydrogen-bond donors (Lipinski definition) is 2. The minimum atomic E-state index is -4.35. The number of alkyl halides is 3. The third kappa shape index (κ3) is 5.95. The van der Waals surface area contributed by atoms with Crippen molar-refractivity contribution in [3.63, 3.8) is 0 Å². The maximum atomic E-state index is 12.9. The van der Waals surface area contributed by atoms with E-state index in [0.717, 1.165) is 49.6 Å². The van der Waals surface area contributed by atoms with Crippen molar-refractivity contribution in [2.24, 2.45) is 4.99 Å². The lowest BCUT2D eigenvalue weighted by atomic mass is 10.1. The summed E-state index contributed by atoms with van der Waals surface area (Å²) >= 11 is 0. The molecule has 3 rings (SSSR count). The molecule has 6 nitrogen and oxygen atoms in total. The van der Waals surface area contributed by atoms with E-state index in [-0.39, 0.29) is 6.54 Å².